The van der Waals surface area contributed by atoms with Gasteiger partial charge in [-0.05, 0) is 60.9 Å². The third-order valence-corrected chi connectivity index (χ3v) is 5.86. The molecular formula is C27H28N2O4. The van der Waals surface area contributed by atoms with E-state index in [2.05, 4.69) is 20.9 Å². The molecule has 1 atom stereocenters. The van der Waals surface area contributed by atoms with E-state index in [1.165, 1.54) is 18.2 Å². The molecule has 3 aromatic rings. The largest absolute Gasteiger partial charge is 0.482 e. The van der Waals surface area contributed by atoms with Crippen LogP contribution in [0.2, 0.25) is 0 Å². The normalized spacial score (nSPS) is 15.4. The molecule has 0 radical (unpaired) electrons. The van der Waals surface area contributed by atoms with Crippen molar-refractivity contribution in [3.63, 3.8) is 0 Å². The minimum absolute atomic E-state index is 0.0773. The molecule has 1 aliphatic carbocycles. The van der Waals surface area contributed by atoms with Gasteiger partial charge in [0, 0.05) is 23.5 Å². The first-order chi connectivity index (χ1) is 16.3. The molecule has 0 saturated heterocycles. The Balaban J connectivity index is 1.44. The molecule has 33 heavy (non-hydrogen) atoms. The van der Waals surface area contributed by atoms with Crippen LogP contribution in [0.1, 0.15) is 47.4 Å². The third kappa shape index (κ3) is 5.77. The molecule has 0 N–H and O–H groups in total. The first kappa shape index (κ1) is 22.5. The van der Waals surface area contributed by atoms with Gasteiger partial charge in [0.1, 0.15) is 18.1 Å². The summed E-state index contributed by atoms with van der Waals surface area (Å²) in [6.45, 7) is 0.431. The van der Waals surface area contributed by atoms with E-state index < -0.39 is 0 Å². The van der Waals surface area contributed by atoms with Gasteiger partial charge in [0.2, 0.25) is 0 Å². The number of aromatic nitrogens is 1. The molecule has 1 aliphatic rings. The maximum Gasteiger partial charge on any atom is 0.343 e. The van der Waals surface area contributed by atoms with E-state index in [0.29, 0.717) is 12.5 Å². The van der Waals surface area contributed by atoms with Gasteiger partial charge in [0.25, 0.3) is 0 Å². The van der Waals surface area contributed by atoms with Crippen LogP contribution >= 0.6 is 0 Å². The van der Waals surface area contributed by atoms with Crippen LogP contribution in [0.25, 0.3) is 0 Å². The monoisotopic (exact) mass is 444 g/mol. The standard InChI is InChI=1S/C27H28N2O4/c1-31-26(30)19-32-25-14-6-12-23-20(10-5-13-24(23)25)15-17-33-29-27(21-8-3-2-4-9-21)22-11-7-16-28-18-22/h2-4,6-9,11-12,14,16,18,20H,5,10,13,15,17,19H2,1H3/b29-27-. The molecule has 0 spiro atoms. The van der Waals surface area contributed by atoms with Crippen LogP contribution in [-0.4, -0.2) is 37.0 Å². The minimum atomic E-state index is -0.380. The van der Waals surface area contributed by atoms with Crippen molar-refractivity contribution in [1.82, 2.24) is 4.98 Å². The number of oxime groups is 1. The second-order valence-corrected chi connectivity index (χ2v) is 7.95. The van der Waals surface area contributed by atoms with E-state index in [-0.39, 0.29) is 12.6 Å². The Morgan fingerprint density at radius 2 is 1.91 bits per heavy atom. The molecular weight excluding hydrogens is 416 g/mol. The molecule has 1 heterocycles. The van der Waals surface area contributed by atoms with Gasteiger partial charge in [-0.15, -0.1) is 0 Å². The Kier molecular flexibility index (Phi) is 7.69. The second kappa shape index (κ2) is 11.3. The number of ether oxygens (including phenoxy) is 2. The number of nitrogens with zero attached hydrogens (tertiary/aromatic N) is 2. The third-order valence-electron chi connectivity index (χ3n) is 5.86. The lowest BCUT2D eigenvalue weighted by Crippen LogP contribution is -2.16. The van der Waals surface area contributed by atoms with Gasteiger partial charge >= 0.3 is 5.97 Å². The summed E-state index contributed by atoms with van der Waals surface area (Å²) >= 11 is 0. The lowest BCUT2D eigenvalue weighted by atomic mass is 9.81. The Morgan fingerprint density at radius 3 is 2.70 bits per heavy atom. The van der Waals surface area contributed by atoms with E-state index in [0.717, 1.165) is 48.3 Å². The fourth-order valence-electron chi connectivity index (χ4n) is 4.22. The highest BCUT2D eigenvalue weighted by Gasteiger charge is 2.23. The SMILES string of the molecule is COC(=O)COc1cccc2c1CCCC2CCO/N=C(/c1ccccc1)c1cccnc1. The van der Waals surface area contributed by atoms with Gasteiger partial charge in [0.05, 0.1) is 7.11 Å². The average Bonchev–Trinajstić information content (AvgIpc) is 2.88. The van der Waals surface area contributed by atoms with Gasteiger partial charge in [0.15, 0.2) is 6.61 Å². The zero-order valence-electron chi connectivity index (χ0n) is 18.8. The summed E-state index contributed by atoms with van der Waals surface area (Å²) in [7, 11) is 1.36. The summed E-state index contributed by atoms with van der Waals surface area (Å²) in [5.41, 5.74) is 5.12. The molecule has 1 unspecified atom stereocenters. The summed E-state index contributed by atoms with van der Waals surface area (Å²) in [4.78, 5) is 21.5. The maximum absolute atomic E-state index is 11.5. The van der Waals surface area contributed by atoms with Crippen molar-refractivity contribution in [2.24, 2.45) is 5.16 Å². The van der Waals surface area contributed by atoms with Crippen molar-refractivity contribution in [2.45, 2.75) is 31.6 Å². The quantitative estimate of drug-likeness (QED) is 0.203. The molecule has 0 saturated carbocycles. The highest BCUT2D eigenvalue weighted by Crippen LogP contribution is 2.38. The van der Waals surface area contributed by atoms with Crippen molar-refractivity contribution >= 4 is 11.7 Å². The van der Waals surface area contributed by atoms with Gasteiger partial charge in [-0.25, -0.2) is 4.79 Å². The fraction of sp³-hybridized carbons (Fsp3) is 0.296. The molecule has 1 aromatic heterocycles. The molecule has 4 rings (SSSR count). The van der Waals surface area contributed by atoms with E-state index in [4.69, 9.17) is 9.57 Å². The molecule has 6 nitrogen and oxygen atoms in total. The van der Waals surface area contributed by atoms with Crippen molar-refractivity contribution < 1.29 is 19.1 Å². The molecule has 0 fully saturated rings. The number of methoxy groups -OCH3 is 1. The van der Waals surface area contributed by atoms with Gasteiger partial charge in [-0.2, -0.15) is 0 Å². The minimum Gasteiger partial charge on any atom is -0.482 e. The van der Waals surface area contributed by atoms with E-state index in [9.17, 15) is 4.79 Å². The Hall–Kier alpha value is -3.67. The molecule has 0 aliphatic heterocycles. The summed E-state index contributed by atoms with van der Waals surface area (Å²) in [6, 6.07) is 19.9. The first-order valence-electron chi connectivity index (χ1n) is 11.2. The van der Waals surface area contributed by atoms with Crippen LogP contribution in [-0.2, 0) is 20.8 Å². The molecule has 0 amide bonds. The smallest absolute Gasteiger partial charge is 0.343 e. The zero-order chi connectivity index (χ0) is 22.9. The maximum atomic E-state index is 11.5. The van der Waals surface area contributed by atoms with Crippen LogP contribution < -0.4 is 4.74 Å². The first-order valence-corrected chi connectivity index (χ1v) is 11.2. The van der Waals surface area contributed by atoms with Crippen LogP contribution in [0.3, 0.4) is 0 Å². The summed E-state index contributed by atoms with van der Waals surface area (Å²) < 4.78 is 10.4. The molecule has 6 heteroatoms. The predicted octanol–water partition coefficient (Wildman–Crippen LogP) is 4.91. The van der Waals surface area contributed by atoms with E-state index >= 15 is 0 Å². The molecule has 2 aromatic carbocycles. The highest BCUT2D eigenvalue weighted by atomic mass is 16.6. The molecule has 0 bridgehead atoms. The Morgan fingerprint density at radius 1 is 1.06 bits per heavy atom. The van der Waals surface area contributed by atoms with Crippen molar-refractivity contribution in [2.75, 3.05) is 20.3 Å². The number of carbonyl (C=O) groups excluding carboxylic acids is 1. The van der Waals surface area contributed by atoms with E-state index in [1.54, 1.807) is 12.4 Å². The summed E-state index contributed by atoms with van der Waals surface area (Å²) in [5.74, 6) is 0.753. The van der Waals surface area contributed by atoms with Gasteiger partial charge in [-0.3, -0.25) is 4.98 Å². The fourth-order valence-corrected chi connectivity index (χ4v) is 4.22. The van der Waals surface area contributed by atoms with Crippen LogP contribution in [0, 0.1) is 0 Å². The summed E-state index contributed by atoms with van der Waals surface area (Å²) in [5, 5.41) is 4.48. The lowest BCUT2D eigenvalue weighted by Gasteiger charge is -2.27. The Bertz CT molecular complexity index is 1040. The average molecular weight is 445 g/mol. The van der Waals surface area contributed by atoms with Crippen LogP contribution in [0.15, 0.2) is 78.2 Å². The predicted molar refractivity (Wildman–Crippen MR) is 127 cm³/mol. The van der Waals surface area contributed by atoms with Crippen molar-refractivity contribution in [1.29, 1.82) is 0 Å². The van der Waals surface area contributed by atoms with Crippen molar-refractivity contribution in [3.05, 3.63) is 95.3 Å². The van der Waals surface area contributed by atoms with Gasteiger partial charge in [-0.1, -0.05) is 47.6 Å². The number of hydrogen-bond donors (Lipinski definition) is 0. The van der Waals surface area contributed by atoms with E-state index in [1.807, 2.05) is 54.6 Å². The topological polar surface area (TPSA) is 70.0 Å². The van der Waals surface area contributed by atoms with Crippen molar-refractivity contribution in [3.8, 4) is 5.75 Å². The van der Waals surface area contributed by atoms with Crippen LogP contribution in [0.4, 0.5) is 0 Å². The number of carbonyl (C=O) groups is 1. The van der Waals surface area contributed by atoms with Gasteiger partial charge < -0.3 is 14.3 Å². The van der Waals surface area contributed by atoms with Crippen LogP contribution in [0.5, 0.6) is 5.75 Å². The zero-order valence-corrected chi connectivity index (χ0v) is 18.8. The number of hydrogen-bond acceptors (Lipinski definition) is 6. The molecule has 170 valence electrons. The number of benzene rings is 2. The second-order valence-electron chi connectivity index (χ2n) is 7.95. The number of esters is 1. The summed E-state index contributed by atoms with van der Waals surface area (Å²) in [6.07, 6.45) is 7.51. The Labute approximate surface area is 194 Å². The number of fused-ring (bicyclic) bond motifs is 1. The number of rotatable bonds is 9. The lowest BCUT2D eigenvalue weighted by molar-refractivity contribution is -0.142. The number of pyridine rings is 1. The highest BCUT2D eigenvalue weighted by molar-refractivity contribution is 6.12.